The third-order valence-corrected chi connectivity index (χ3v) is 4.66. The lowest BCUT2D eigenvalue weighted by Crippen LogP contribution is -2.29. The fourth-order valence-corrected chi connectivity index (χ4v) is 2.82. The predicted molar refractivity (Wildman–Crippen MR) is 79.4 cm³/mol. The molecule has 1 amide bonds. The van der Waals surface area contributed by atoms with Gasteiger partial charge in [-0.15, -0.1) is 0 Å². The van der Waals surface area contributed by atoms with E-state index in [-0.39, 0.29) is 11.9 Å². The van der Waals surface area contributed by atoms with Gasteiger partial charge in [0.2, 0.25) is 0 Å². The van der Waals surface area contributed by atoms with Crippen LogP contribution < -0.4 is 5.32 Å². The molecule has 0 aliphatic rings. The van der Waals surface area contributed by atoms with Gasteiger partial charge in [-0.3, -0.25) is 9.36 Å². The minimum atomic E-state index is -3.25. The van der Waals surface area contributed by atoms with Crippen molar-refractivity contribution < 1.29 is 23.2 Å². The molecule has 1 aromatic rings. The van der Waals surface area contributed by atoms with E-state index in [4.69, 9.17) is 13.9 Å². The van der Waals surface area contributed by atoms with Crippen LogP contribution in [0.1, 0.15) is 11.1 Å². The predicted octanol–water partition coefficient (Wildman–Crippen LogP) is 1.77. The Morgan fingerprint density at radius 1 is 1.24 bits per heavy atom. The van der Waals surface area contributed by atoms with E-state index in [9.17, 15) is 9.36 Å². The van der Waals surface area contributed by atoms with Crippen molar-refractivity contribution >= 4 is 19.2 Å². The van der Waals surface area contributed by atoms with Gasteiger partial charge in [-0.2, -0.15) is 0 Å². The first-order chi connectivity index (χ1) is 10.0. The average molecular weight is 314 g/mol. The molecule has 1 rings (SSSR count). The van der Waals surface area contributed by atoms with Gasteiger partial charge < -0.3 is 19.2 Å². The van der Waals surface area contributed by atoms with Gasteiger partial charge in [0, 0.05) is 26.8 Å². The number of hydrogen-bond donors (Lipinski definition) is 1. The number of hydrogen-bond acceptors (Lipinski definition) is 6. The molecule has 0 fully saturated rings. The van der Waals surface area contributed by atoms with Gasteiger partial charge in [-0.25, -0.2) is 0 Å². The molecular weight excluding hydrogens is 295 g/mol. The van der Waals surface area contributed by atoms with Crippen LogP contribution in [0.25, 0.3) is 0 Å². The number of oxime groups is 1. The highest BCUT2D eigenvalue weighted by molar-refractivity contribution is 7.52. The maximum absolute atomic E-state index is 12.3. The van der Waals surface area contributed by atoms with E-state index < -0.39 is 13.5 Å². The number of likely N-dealkylation sites (N-methyl/N-ethyl adjacent to an activating group) is 1. The smallest absolute Gasteiger partial charge is 0.334 e. The van der Waals surface area contributed by atoms with Crippen molar-refractivity contribution in [3.05, 3.63) is 35.4 Å². The van der Waals surface area contributed by atoms with Crippen molar-refractivity contribution in [2.45, 2.75) is 6.16 Å². The first-order valence-corrected chi connectivity index (χ1v) is 7.86. The lowest BCUT2D eigenvalue weighted by atomic mass is 10.0. The van der Waals surface area contributed by atoms with E-state index in [1.165, 1.54) is 28.4 Å². The molecular formula is C13H19N2O5P. The number of carbonyl (C=O) groups is 1. The summed E-state index contributed by atoms with van der Waals surface area (Å²) in [6.45, 7) is 0. The second kappa shape index (κ2) is 7.93. The second-order valence-corrected chi connectivity index (χ2v) is 6.26. The fraction of sp³-hybridized carbons (Fsp3) is 0.385. The topological polar surface area (TPSA) is 86.2 Å². The van der Waals surface area contributed by atoms with Crippen molar-refractivity contribution in [1.29, 1.82) is 0 Å². The number of nitrogens with one attached hydrogen (secondary N) is 1. The molecule has 0 atom stereocenters. The van der Waals surface area contributed by atoms with Crippen LogP contribution in [-0.4, -0.2) is 40.0 Å². The van der Waals surface area contributed by atoms with Gasteiger partial charge in [0.05, 0.1) is 6.16 Å². The van der Waals surface area contributed by atoms with Crippen molar-refractivity contribution in [1.82, 2.24) is 5.32 Å². The second-order valence-electron chi connectivity index (χ2n) is 3.99. The zero-order chi connectivity index (χ0) is 15.9. The standard InChI is InChI=1S/C13H19N2O5P/c1-14-13(16)12(15-18-2)11-8-6-5-7-10(11)9-21(17,19-3)20-4/h5-8H,9H2,1-4H3,(H,14,16). The molecule has 0 aliphatic carbocycles. The minimum absolute atomic E-state index is 0.0237. The summed E-state index contributed by atoms with van der Waals surface area (Å²) in [7, 11) is 2.22. The maximum Gasteiger partial charge on any atom is 0.334 e. The Morgan fingerprint density at radius 3 is 2.38 bits per heavy atom. The molecule has 21 heavy (non-hydrogen) atoms. The number of carbonyl (C=O) groups excluding carboxylic acids is 1. The Kier molecular flexibility index (Phi) is 6.55. The van der Waals surface area contributed by atoms with Crippen molar-refractivity contribution in [2.24, 2.45) is 5.16 Å². The number of benzene rings is 1. The van der Waals surface area contributed by atoms with Gasteiger partial charge in [-0.05, 0) is 5.56 Å². The van der Waals surface area contributed by atoms with Gasteiger partial charge >= 0.3 is 7.60 Å². The summed E-state index contributed by atoms with van der Waals surface area (Å²) in [5, 5.41) is 6.23. The molecule has 7 nitrogen and oxygen atoms in total. The summed E-state index contributed by atoms with van der Waals surface area (Å²) in [6.07, 6.45) is 0.0237. The summed E-state index contributed by atoms with van der Waals surface area (Å²) in [6, 6.07) is 6.94. The Labute approximate surface area is 123 Å². The highest BCUT2D eigenvalue weighted by atomic mass is 31.2. The maximum atomic E-state index is 12.3. The van der Waals surface area contributed by atoms with Crippen LogP contribution in [0.5, 0.6) is 0 Å². The molecule has 0 spiro atoms. The largest absolute Gasteiger partial charge is 0.398 e. The highest BCUT2D eigenvalue weighted by Crippen LogP contribution is 2.50. The molecule has 8 heteroatoms. The van der Waals surface area contributed by atoms with Gasteiger partial charge in [-0.1, -0.05) is 29.4 Å². The Morgan fingerprint density at radius 2 is 1.86 bits per heavy atom. The van der Waals surface area contributed by atoms with Gasteiger partial charge in [0.1, 0.15) is 7.11 Å². The summed E-state index contributed by atoms with van der Waals surface area (Å²) in [5.74, 6) is -0.408. The van der Waals surface area contributed by atoms with Crippen LogP contribution >= 0.6 is 7.60 Å². The Balaban J connectivity index is 3.28. The highest BCUT2D eigenvalue weighted by Gasteiger charge is 2.26. The van der Waals surface area contributed by atoms with Crippen LogP contribution in [-0.2, 0) is 29.4 Å². The number of nitrogens with zero attached hydrogens (tertiary/aromatic N) is 1. The molecule has 1 N–H and O–H groups in total. The molecule has 0 saturated heterocycles. The van der Waals surface area contributed by atoms with Crippen LogP contribution in [0.3, 0.4) is 0 Å². The molecule has 1 aromatic carbocycles. The Bertz CT molecular complexity index is 565. The fourth-order valence-electron chi connectivity index (χ4n) is 1.72. The average Bonchev–Trinajstić information content (AvgIpc) is 2.52. The summed E-state index contributed by atoms with van der Waals surface area (Å²) in [4.78, 5) is 16.6. The summed E-state index contributed by atoms with van der Waals surface area (Å²) >= 11 is 0. The number of rotatable bonds is 7. The molecule has 0 radical (unpaired) electrons. The van der Waals surface area contributed by atoms with E-state index in [0.717, 1.165) is 0 Å². The number of amides is 1. The van der Waals surface area contributed by atoms with E-state index in [1.54, 1.807) is 24.3 Å². The molecule has 116 valence electrons. The van der Waals surface area contributed by atoms with Crippen molar-refractivity contribution in [3.63, 3.8) is 0 Å². The van der Waals surface area contributed by atoms with Crippen LogP contribution in [0.2, 0.25) is 0 Å². The molecule has 0 aliphatic heterocycles. The van der Waals surface area contributed by atoms with E-state index >= 15 is 0 Å². The van der Waals surface area contributed by atoms with Crippen LogP contribution in [0, 0.1) is 0 Å². The zero-order valence-corrected chi connectivity index (χ0v) is 13.3. The van der Waals surface area contributed by atoms with Gasteiger partial charge in [0.15, 0.2) is 5.71 Å². The quantitative estimate of drug-likeness (QED) is 0.471. The normalized spacial score (nSPS) is 12.1. The molecule has 0 bridgehead atoms. The third kappa shape index (κ3) is 4.39. The van der Waals surface area contributed by atoms with E-state index in [0.29, 0.717) is 11.1 Å². The molecule has 0 unspecified atom stereocenters. The SMILES string of the molecule is CNC(=O)C(=NOC)c1ccccc1CP(=O)(OC)OC. The van der Waals surface area contributed by atoms with Crippen molar-refractivity contribution in [2.75, 3.05) is 28.4 Å². The third-order valence-electron chi connectivity index (χ3n) is 2.82. The van der Waals surface area contributed by atoms with E-state index in [1.807, 2.05) is 0 Å². The van der Waals surface area contributed by atoms with Crippen molar-refractivity contribution in [3.8, 4) is 0 Å². The first kappa shape index (κ1) is 17.4. The monoisotopic (exact) mass is 314 g/mol. The van der Waals surface area contributed by atoms with Crippen LogP contribution in [0.15, 0.2) is 29.4 Å². The lowest BCUT2D eigenvalue weighted by Gasteiger charge is -2.16. The lowest BCUT2D eigenvalue weighted by molar-refractivity contribution is -0.114. The summed E-state index contributed by atoms with van der Waals surface area (Å²) in [5.41, 5.74) is 1.21. The molecule has 0 heterocycles. The molecule has 0 saturated carbocycles. The first-order valence-electron chi connectivity index (χ1n) is 6.13. The Hall–Kier alpha value is -1.69. The minimum Gasteiger partial charge on any atom is -0.398 e. The van der Waals surface area contributed by atoms with Crippen LogP contribution in [0.4, 0.5) is 0 Å². The van der Waals surface area contributed by atoms with Gasteiger partial charge in [0.25, 0.3) is 5.91 Å². The van der Waals surface area contributed by atoms with E-state index in [2.05, 4.69) is 10.5 Å². The summed E-state index contributed by atoms with van der Waals surface area (Å²) < 4.78 is 22.1. The zero-order valence-electron chi connectivity index (χ0n) is 12.5. The molecule has 0 aromatic heterocycles.